The van der Waals surface area contributed by atoms with Crippen LogP contribution in [0.2, 0.25) is 0 Å². The Morgan fingerprint density at radius 3 is 2.38 bits per heavy atom. The van der Waals surface area contributed by atoms with Crippen LogP contribution in [0.15, 0.2) is 12.1 Å². The van der Waals surface area contributed by atoms with Gasteiger partial charge in [-0.1, -0.05) is 6.92 Å². The molecule has 16 heavy (non-hydrogen) atoms. The first-order valence-electron chi connectivity index (χ1n) is 4.78. The second-order valence-electron chi connectivity index (χ2n) is 3.60. The number of carbonyl (C=O) groups excluding carboxylic acids is 1. The Kier molecular flexibility index (Phi) is 3.26. The molecular weight excluding hydrogens is 219 g/mol. The van der Waals surface area contributed by atoms with Crippen LogP contribution in [0.25, 0.3) is 0 Å². The van der Waals surface area contributed by atoms with Crippen molar-refractivity contribution in [3.8, 4) is 0 Å². The van der Waals surface area contributed by atoms with Gasteiger partial charge in [-0.05, 0) is 24.1 Å². The average molecular weight is 231 g/mol. The highest BCUT2D eigenvalue weighted by Gasteiger charge is 2.30. The molecule has 88 valence electrons. The summed E-state index contributed by atoms with van der Waals surface area (Å²) in [7, 11) is 0. The van der Waals surface area contributed by atoms with Gasteiger partial charge in [-0.3, -0.25) is 4.79 Å². The third kappa shape index (κ3) is 2.35. The normalized spacial score (nSPS) is 11.6. The Labute approximate surface area is 91.3 Å². The lowest BCUT2D eigenvalue weighted by Gasteiger charge is -2.15. The molecule has 0 spiro atoms. The van der Waals surface area contributed by atoms with Crippen LogP contribution in [0, 0.1) is 5.82 Å². The Balaban J connectivity index is 3.48. The molecular formula is C11H12F3NO. The Bertz CT molecular complexity index is 424. The number of nitrogens with two attached hydrogens (primary N) is 1. The van der Waals surface area contributed by atoms with E-state index in [9.17, 15) is 18.0 Å². The summed E-state index contributed by atoms with van der Waals surface area (Å²) in [4.78, 5) is 10.9. The maximum atomic E-state index is 13.6. The fourth-order valence-electron chi connectivity index (χ4n) is 1.40. The molecule has 1 rings (SSSR count). The lowest BCUT2D eigenvalue weighted by Crippen LogP contribution is -2.17. The van der Waals surface area contributed by atoms with Crippen molar-refractivity contribution in [3.63, 3.8) is 0 Å². The zero-order valence-electron chi connectivity index (χ0n) is 8.98. The van der Waals surface area contributed by atoms with Crippen LogP contribution in [0.1, 0.15) is 35.3 Å². The third-order valence-corrected chi connectivity index (χ3v) is 2.29. The number of rotatable bonds is 3. The number of hydrogen-bond acceptors (Lipinski definition) is 1. The summed E-state index contributed by atoms with van der Waals surface area (Å²) >= 11 is 0. The smallest absolute Gasteiger partial charge is 0.273 e. The minimum atomic E-state index is -3.33. The molecule has 1 aromatic carbocycles. The lowest BCUT2D eigenvalue weighted by molar-refractivity contribution is 0.0135. The average Bonchev–Trinajstić information content (AvgIpc) is 2.15. The van der Waals surface area contributed by atoms with Crippen LogP contribution in [-0.4, -0.2) is 5.91 Å². The van der Waals surface area contributed by atoms with Gasteiger partial charge in [-0.15, -0.1) is 0 Å². The van der Waals surface area contributed by atoms with E-state index in [-0.39, 0.29) is 17.5 Å². The molecule has 1 amide bonds. The fraction of sp³-hybridized carbons (Fsp3) is 0.364. The van der Waals surface area contributed by atoms with Gasteiger partial charge in [0.25, 0.3) is 5.92 Å². The van der Waals surface area contributed by atoms with Crippen LogP contribution >= 0.6 is 0 Å². The minimum Gasteiger partial charge on any atom is -0.366 e. The highest BCUT2D eigenvalue weighted by atomic mass is 19.3. The number of aryl methyl sites for hydroxylation is 1. The molecule has 0 saturated heterocycles. The molecule has 0 atom stereocenters. The van der Waals surface area contributed by atoms with Gasteiger partial charge in [0, 0.05) is 12.5 Å². The lowest BCUT2D eigenvalue weighted by atomic mass is 9.99. The summed E-state index contributed by atoms with van der Waals surface area (Å²) in [5, 5.41) is 0. The highest BCUT2D eigenvalue weighted by molar-refractivity contribution is 5.93. The van der Waals surface area contributed by atoms with E-state index < -0.39 is 23.2 Å². The Morgan fingerprint density at radius 1 is 1.44 bits per heavy atom. The van der Waals surface area contributed by atoms with E-state index >= 15 is 0 Å². The van der Waals surface area contributed by atoms with Crippen LogP contribution in [0.5, 0.6) is 0 Å². The van der Waals surface area contributed by atoms with Crippen molar-refractivity contribution in [2.24, 2.45) is 5.73 Å². The minimum absolute atomic E-state index is 0.0628. The first kappa shape index (κ1) is 12.5. The van der Waals surface area contributed by atoms with Crippen molar-refractivity contribution < 1.29 is 18.0 Å². The van der Waals surface area contributed by atoms with Crippen LogP contribution in [-0.2, 0) is 12.3 Å². The number of halogens is 3. The fourth-order valence-corrected chi connectivity index (χ4v) is 1.40. The van der Waals surface area contributed by atoms with Crippen LogP contribution < -0.4 is 5.73 Å². The zero-order chi connectivity index (χ0) is 12.5. The van der Waals surface area contributed by atoms with Crippen LogP contribution in [0.3, 0.4) is 0 Å². The molecule has 0 aromatic heterocycles. The molecule has 5 heteroatoms. The summed E-state index contributed by atoms with van der Waals surface area (Å²) in [5.41, 5.74) is 4.16. The standard InChI is InChI=1S/C11H12F3NO/c1-3-6-4-7(10(15)16)5-8(9(6)12)11(2,13)14/h4-5H,3H2,1-2H3,(H2,15,16). The molecule has 0 saturated carbocycles. The molecule has 0 heterocycles. The Morgan fingerprint density at radius 2 is 2.00 bits per heavy atom. The monoisotopic (exact) mass is 231 g/mol. The Hall–Kier alpha value is -1.52. The van der Waals surface area contributed by atoms with E-state index in [4.69, 9.17) is 5.73 Å². The third-order valence-electron chi connectivity index (χ3n) is 2.29. The summed E-state index contributed by atoms with van der Waals surface area (Å²) in [5.74, 6) is -5.15. The first-order valence-corrected chi connectivity index (χ1v) is 4.78. The van der Waals surface area contributed by atoms with Gasteiger partial charge in [-0.2, -0.15) is 0 Å². The molecule has 0 aliphatic heterocycles. The van der Waals surface area contributed by atoms with E-state index in [2.05, 4.69) is 0 Å². The highest BCUT2D eigenvalue weighted by Crippen LogP contribution is 2.31. The first-order chi connectivity index (χ1) is 7.27. The van der Waals surface area contributed by atoms with Gasteiger partial charge in [0.1, 0.15) is 5.82 Å². The number of primary amides is 1. The van der Waals surface area contributed by atoms with E-state index in [1.54, 1.807) is 6.92 Å². The molecule has 0 unspecified atom stereocenters. The quantitative estimate of drug-likeness (QED) is 0.853. The summed E-state index contributed by atoms with van der Waals surface area (Å²) < 4.78 is 39.7. The topological polar surface area (TPSA) is 43.1 Å². The van der Waals surface area contributed by atoms with Crippen molar-refractivity contribution >= 4 is 5.91 Å². The second kappa shape index (κ2) is 4.15. The molecule has 0 radical (unpaired) electrons. The van der Waals surface area contributed by atoms with Crippen molar-refractivity contribution in [2.45, 2.75) is 26.2 Å². The van der Waals surface area contributed by atoms with E-state index in [1.165, 1.54) is 6.07 Å². The van der Waals surface area contributed by atoms with Gasteiger partial charge in [0.2, 0.25) is 5.91 Å². The number of benzene rings is 1. The molecule has 2 N–H and O–H groups in total. The predicted molar refractivity (Wildman–Crippen MR) is 53.9 cm³/mol. The number of carbonyl (C=O) groups is 1. The van der Waals surface area contributed by atoms with Crippen molar-refractivity contribution in [3.05, 3.63) is 34.6 Å². The number of amides is 1. The number of alkyl halides is 2. The molecule has 0 bridgehead atoms. The number of hydrogen-bond donors (Lipinski definition) is 1. The van der Waals surface area contributed by atoms with Crippen molar-refractivity contribution in [2.75, 3.05) is 0 Å². The molecule has 1 aromatic rings. The van der Waals surface area contributed by atoms with Gasteiger partial charge < -0.3 is 5.73 Å². The molecule has 2 nitrogen and oxygen atoms in total. The molecule has 0 aliphatic rings. The zero-order valence-corrected chi connectivity index (χ0v) is 8.98. The van der Waals surface area contributed by atoms with Crippen molar-refractivity contribution in [1.82, 2.24) is 0 Å². The van der Waals surface area contributed by atoms with Gasteiger partial charge in [-0.25, -0.2) is 13.2 Å². The molecule has 0 aliphatic carbocycles. The van der Waals surface area contributed by atoms with E-state index in [0.29, 0.717) is 6.92 Å². The van der Waals surface area contributed by atoms with Gasteiger partial charge in [0.05, 0.1) is 5.56 Å². The predicted octanol–water partition coefficient (Wildman–Crippen LogP) is 2.60. The van der Waals surface area contributed by atoms with Gasteiger partial charge >= 0.3 is 0 Å². The summed E-state index contributed by atoms with van der Waals surface area (Å²) in [6.45, 7) is 2.19. The maximum absolute atomic E-state index is 13.6. The maximum Gasteiger partial charge on any atom is 0.273 e. The van der Waals surface area contributed by atoms with E-state index in [0.717, 1.165) is 6.07 Å². The van der Waals surface area contributed by atoms with E-state index in [1.807, 2.05) is 0 Å². The summed E-state index contributed by atoms with van der Waals surface area (Å²) in [6.07, 6.45) is 0.218. The SMILES string of the molecule is CCc1cc(C(N)=O)cc(C(C)(F)F)c1F. The summed E-state index contributed by atoms with van der Waals surface area (Å²) in [6, 6.07) is 2.00. The second-order valence-corrected chi connectivity index (χ2v) is 3.60. The van der Waals surface area contributed by atoms with Crippen molar-refractivity contribution in [1.29, 1.82) is 0 Å². The largest absolute Gasteiger partial charge is 0.366 e. The van der Waals surface area contributed by atoms with Gasteiger partial charge in [0.15, 0.2) is 0 Å². The molecule has 0 fully saturated rings. The van der Waals surface area contributed by atoms with Crippen LogP contribution in [0.4, 0.5) is 13.2 Å².